The molecule has 0 unspecified atom stereocenters. The smallest absolute Gasteiger partial charge is 0.299 e. The summed E-state index contributed by atoms with van der Waals surface area (Å²) in [6.45, 7) is 1.12. The molecule has 0 aromatic heterocycles. The van der Waals surface area contributed by atoms with Crippen LogP contribution in [0.3, 0.4) is 0 Å². The number of aliphatic hydroxyl groups is 1. The molecule has 12 heavy (non-hydrogen) atoms. The lowest BCUT2D eigenvalue weighted by molar-refractivity contribution is -0.128. The minimum absolute atomic E-state index is 0.217. The quantitative estimate of drug-likeness (QED) is 0.611. The number of piperidine rings is 1. The molecule has 1 aliphatic heterocycles. The first-order valence-electron chi connectivity index (χ1n) is 3.82. The number of β-amino-alcohol motifs (C(OH)–C–C–N with tert-alkyl or cyclic N) is 1. The van der Waals surface area contributed by atoms with Crippen LogP contribution in [0.5, 0.6) is 0 Å². The van der Waals surface area contributed by atoms with Crippen molar-refractivity contribution in [1.29, 1.82) is 0 Å². The Labute approximate surface area is 79.9 Å². The maximum atomic E-state index is 11.2. The summed E-state index contributed by atoms with van der Waals surface area (Å²) in [6.07, 6.45) is 1.27. The number of rotatable bonds is 0. The largest absolute Gasteiger partial charge is 0.391 e. The summed E-state index contributed by atoms with van der Waals surface area (Å²) >= 11 is 2.86. The van der Waals surface area contributed by atoms with Gasteiger partial charge in [0.1, 0.15) is 0 Å². The molecule has 1 saturated heterocycles. The van der Waals surface area contributed by atoms with Gasteiger partial charge in [-0.3, -0.25) is 4.79 Å². The van der Waals surface area contributed by atoms with Crippen molar-refractivity contribution < 1.29 is 9.90 Å². The van der Waals surface area contributed by atoms with Crippen LogP contribution in [-0.2, 0) is 4.79 Å². The molecule has 1 rings (SSSR count). The number of likely N-dealkylation sites (tertiary alicyclic amines) is 1. The average Bonchev–Trinajstić information content (AvgIpc) is 2.05. The number of hydrogen-bond donors (Lipinski definition) is 1. The Bertz CT molecular complexity index is 231. The summed E-state index contributed by atoms with van der Waals surface area (Å²) in [5.74, 6) is 2.16. The number of hydrogen-bond acceptors (Lipinski definition) is 2. The number of halogens is 1. The van der Waals surface area contributed by atoms with E-state index in [-0.39, 0.29) is 12.0 Å². The average molecular weight is 232 g/mol. The minimum Gasteiger partial charge on any atom is -0.391 e. The van der Waals surface area contributed by atoms with Crippen LogP contribution in [0.1, 0.15) is 12.8 Å². The minimum atomic E-state index is -0.375. The molecule has 0 aromatic rings. The van der Waals surface area contributed by atoms with Crippen molar-refractivity contribution in [1.82, 2.24) is 4.90 Å². The first kappa shape index (κ1) is 9.56. The van der Waals surface area contributed by atoms with Gasteiger partial charge in [0.25, 0.3) is 5.91 Å². The van der Waals surface area contributed by atoms with Gasteiger partial charge in [0, 0.05) is 34.9 Å². The molecular formula is C8H10BrNO2. The van der Waals surface area contributed by atoms with Crippen molar-refractivity contribution in [3.63, 3.8) is 0 Å². The van der Waals surface area contributed by atoms with Gasteiger partial charge in [-0.1, -0.05) is 0 Å². The Morgan fingerprint density at radius 2 is 2.42 bits per heavy atom. The molecule has 0 spiro atoms. The zero-order valence-electron chi connectivity index (χ0n) is 6.59. The Balaban J connectivity index is 2.49. The van der Waals surface area contributed by atoms with E-state index in [0.717, 1.165) is 12.8 Å². The van der Waals surface area contributed by atoms with E-state index in [1.807, 2.05) is 0 Å². The second-order valence-corrected chi connectivity index (χ2v) is 3.16. The van der Waals surface area contributed by atoms with Gasteiger partial charge >= 0.3 is 0 Å². The van der Waals surface area contributed by atoms with Gasteiger partial charge < -0.3 is 10.0 Å². The van der Waals surface area contributed by atoms with E-state index in [4.69, 9.17) is 0 Å². The van der Waals surface area contributed by atoms with Crippen molar-refractivity contribution in [2.75, 3.05) is 13.1 Å². The van der Waals surface area contributed by atoms with Crippen molar-refractivity contribution in [2.24, 2.45) is 0 Å². The van der Waals surface area contributed by atoms with Gasteiger partial charge in [-0.05, 0) is 17.7 Å². The number of nitrogens with zero attached hydrogens (tertiary/aromatic N) is 1. The van der Waals surface area contributed by atoms with Crippen molar-refractivity contribution in [3.05, 3.63) is 0 Å². The molecule has 1 atom stereocenters. The first-order chi connectivity index (χ1) is 5.74. The van der Waals surface area contributed by atoms with Gasteiger partial charge in [-0.2, -0.15) is 0 Å². The van der Waals surface area contributed by atoms with Crippen LogP contribution in [0.25, 0.3) is 0 Å². The summed E-state index contributed by atoms with van der Waals surface area (Å²) in [5.41, 5.74) is 0. The summed E-state index contributed by atoms with van der Waals surface area (Å²) in [7, 11) is 0. The second kappa shape index (κ2) is 4.48. The third-order valence-corrected chi connectivity index (χ3v) is 2.04. The van der Waals surface area contributed by atoms with Crippen LogP contribution in [-0.4, -0.2) is 35.1 Å². The predicted molar refractivity (Wildman–Crippen MR) is 48.5 cm³/mol. The predicted octanol–water partition coefficient (Wildman–Crippen LogP) is 0.325. The molecule has 1 fully saturated rings. The lowest BCUT2D eigenvalue weighted by Gasteiger charge is -2.28. The van der Waals surface area contributed by atoms with Gasteiger partial charge in [-0.25, -0.2) is 0 Å². The van der Waals surface area contributed by atoms with Gasteiger partial charge in [0.05, 0.1) is 6.10 Å². The van der Waals surface area contributed by atoms with E-state index in [1.54, 1.807) is 4.90 Å². The SMILES string of the molecule is O=C(C#CBr)N1CCC[C@H](O)C1. The molecule has 1 amide bonds. The number of carbonyl (C=O) groups is 1. The molecule has 1 heterocycles. The Morgan fingerprint density at radius 1 is 1.67 bits per heavy atom. The van der Waals surface area contributed by atoms with Gasteiger partial charge in [0.15, 0.2) is 0 Å². The summed E-state index contributed by atoms with van der Waals surface area (Å²) in [6, 6.07) is 0. The maximum Gasteiger partial charge on any atom is 0.299 e. The highest BCUT2D eigenvalue weighted by atomic mass is 79.9. The monoisotopic (exact) mass is 231 g/mol. The third-order valence-electron chi connectivity index (χ3n) is 1.84. The van der Waals surface area contributed by atoms with Crippen molar-refractivity contribution >= 4 is 21.8 Å². The molecule has 0 aliphatic carbocycles. The Kier molecular flexibility index (Phi) is 3.57. The first-order valence-corrected chi connectivity index (χ1v) is 4.62. The molecule has 0 radical (unpaired) electrons. The van der Waals surface area contributed by atoms with Gasteiger partial charge in [-0.15, -0.1) is 0 Å². The fraction of sp³-hybridized carbons (Fsp3) is 0.625. The van der Waals surface area contributed by atoms with Gasteiger partial charge in [0.2, 0.25) is 0 Å². The highest BCUT2D eigenvalue weighted by Gasteiger charge is 2.20. The molecule has 4 heteroatoms. The summed E-state index contributed by atoms with van der Waals surface area (Å²) < 4.78 is 0. The molecular weight excluding hydrogens is 222 g/mol. The zero-order chi connectivity index (χ0) is 8.97. The van der Waals surface area contributed by atoms with E-state index in [1.165, 1.54) is 0 Å². The second-order valence-electron chi connectivity index (χ2n) is 2.77. The van der Waals surface area contributed by atoms with Crippen molar-refractivity contribution in [2.45, 2.75) is 18.9 Å². The van der Waals surface area contributed by atoms with Crippen LogP contribution in [0.15, 0.2) is 0 Å². The van der Waals surface area contributed by atoms with Crippen LogP contribution in [0.4, 0.5) is 0 Å². The van der Waals surface area contributed by atoms with Crippen molar-refractivity contribution in [3.8, 4) is 10.8 Å². The highest BCUT2D eigenvalue weighted by Crippen LogP contribution is 2.09. The van der Waals surface area contributed by atoms with E-state index >= 15 is 0 Å². The number of carbonyl (C=O) groups excluding carboxylic acids is 1. The normalized spacial score (nSPS) is 22.8. The molecule has 66 valence electrons. The summed E-state index contributed by atoms with van der Waals surface area (Å²) in [4.78, 5) is 15.1. The lowest BCUT2D eigenvalue weighted by atomic mass is 10.1. The van der Waals surface area contributed by atoms with Crippen LogP contribution in [0, 0.1) is 10.8 Å². The maximum absolute atomic E-state index is 11.2. The van der Waals surface area contributed by atoms with Crippen LogP contribution < -0.4 is 0 Å². The fourth-order valence-corrected chi connectivity index (χ4v) is 1.43. The Hall–Kier alpha value is -0.530. The summed E-state index contributed by atoms with van der Waals surface area (Å²) in [5, 5.41) is 9.24. The van der Waals surface area contributed by atoms with E-state index in [0.29, 0.717) is 13.1 Å². The van der Waals surface area contributed by atoms with E-state index < -0.39 is 0 Å². The fourth-order valence-electron chi connectivity index (χ4n) is 1.26. The van der Waals surface area contributed by atoms with Crippen LogP contribution >= 0.6 is 15.9 Å². The standard InChI is InChI=1S/C8H10BrNO2/c9-4-3-8(12)10-5-1-2-7(11)6-10/h7,11H,1-2,5-6H2/t7-/m0/s1. The molecule has 0 aromatic carbocycles. The Morgan fingerprint density at radius 3 is 3.00 bits per heavy atom. The number of amides is 1. The topological polar surface area (TPSA) is 40.5 Å². The van der Waals surface area contributed by atoms with Crippen LogP contribution in [0.2, 0.25) is 0 Å². The highest BCUT2D eigenvalue weighted by molar-refractivity contribution is 9.12. The van der Waals surface area contributed by atoms with E-state index in [2.05, 4.69) is 26.7 Å². The molecule has 3 nitrogen and oxygen atoms in total. The molecule has 1 N–H and O–H groups in total. The number of aliphatic hydroxyl groups excluding tert-OH is 1. The zero-order valence-corrected chi connectivity index (χ0v) is 8.17. The molecule has 0 bridgehead atoms. The third kappa shape index (κ3) is 2.50. The lowest BCUT2D eigenvalue weighted by Crippen LogP contribution is -2.41. The molecule has 0 saturated carbocycles. The molecule has 1 aliphatic rings. The van der Waals surface area contributed by atoms with E-state index in [9.17, 15) is 9.90 Å².